The van der Waals surface area contributed by atoms with E-state index in [4.69, 9.17) is 27.9 Å². The summed E-state index contributed by atoms with van der Waals surface area (Å²) in [4.78, 5) is 11.9. The van der Waals surface area contributed by atoms with Crippen molar-refractivity contribution < 1.29 is 9.53 Å². The molecule has 0 atom stereocenters. The van der Waals surface area contributed by atoms with Gasteiger partial charge < -0.3 is 10.1 Å². The van der Waals surface area contributed by atoms with Gasteiger partial charge in [0.15, 0.2) is 6.61 Å². The molecule has 0 bridgehead atoms. The molecule has 21 heavy (non-hydrogen) atoms. The summed E-state index contributed by atoms with van der Waals surface area (Å²) in [5.41, 5.74) is 2.65. The predicted molar refractivity (Wildman–Crippen MR) is 86.5 cm³/mol. The molecule has 3 nitrogen and oxygen atoms in total. The molecule has 0 radical (unpaired) electrons. The van der Waals surface area contributed by atoms with Gasteiger partial charge in [0.2, 0.25) is 0 Å². The lowest BCUT2D eigenvalue weighted by atomic mass is 10.1. The van der Waals surface area contributed by atoms with Crippen LogP contribution in [0.4, 0.5) is 5.69 Å². The number of hydrogen-bond acceptors (Lipinski definition) is 2. The average molecular weight is 324 g/mol. The molecular formula is C16H15Cl2NO2. The molecule has 110 valence electrons. The summed E-state index contributed by atoms with van der Waals surface area (Å²) in [6.45, 7) is 3.87. The highest BCUT2D eigenvalue weighted by atomic mass is 35.5. The number of ether oxygens (including phenoxy) is 1. The van der Waals surface area contributed by atoms with Gasteiger partial charge in [0.05, 0.1) is 10.7 Å². The topological polar surface area (TPSA) is 38.3 Å². The van der Waals surface area contributed by atoms with Gasteiger partial charge in [0.1, 0.15) is 5.75 Å². The fourth-order valence-electron chi connectivity index (χ4n) is 1.88. The van der Waals surface area contributed by atoms with Crippen LogP contribution in [0.5, 0.6) is 5.75 Å². The monoisotopic (exact) mass is 323 g/mol. The Hall–Kier alpha value is -1.71. The second-order valence-corrected chi connectivity index (χ2v) is 5.57. The summed E-state index contributed by atoms with van der Waals surface area (Å²) in [7, 11) is 0. The van der Waals surface area contributed by atoms with Crippen LogP contribution < -0.4 is 10.1 Å². The number of carbonyl (C=O) groups is 1. The number of aryl methyl sites for hydroxylation is 2. The standard InChI is InChI=1S/C16H15Cl2NO2/c1-10-3-6-15(11(2)7-10)21-9-16(20)19-14-5-4-12(17)8-13(14)18/h3-8H,9H2,1-2H3,(H,19,20). The number of benzene rings is 2. The first-order valence-corrected chi connectivity index (χ1v) is 7.16. The van der Waals surface area contributed by atoms with E-state index in [1.54, 1.807) is 18.2 Å². The van der Waals surface area contributed by atoms with Gasteiger partial charge in [-0.1, -0.05) is 40.9 Å². The third-order valence-electron chi connectivity index (χ3n) is 2.89. The maximum Gasteiger partial charge on any atom is 0.262 e. The van der Waals surface area contributed by atoms with E-state index >= 15 is 0 Å². The lowest BCUT2D eigenvalue weighted by Crippen LogP contribution is -2.20. The van der Waals surface area contributed by atoms with Crippen molar-refractivity contribution in [1.82, 2.24) is 0 Å². The SMILES string of the molecule is Cc1ccc(OCC(=O)Nc2ccc(Cl)cc2Cl)c(C)c1. The zero-order valence-electron chi connectivity index (χ0n) is 11.7. The highest BCUT2D eigenvalue weighted by molar-refractivity contribution is 6.36. The Morgan fingerprint density at radius 2 is 1.90 bits per heavy atom. The van der Waals surface area contributed by atoms with E-state index in [0.717, 1.165) is 11.1 Å². The van der Waals surface area contributed by atoms with Crippen LogP contribution in [0.1, 0.15) is 11.1 Å². The van der Waals surface area contributed by atoms with Crippen LogP contribution in [0.15, 0.2) is 36.4 Å². The van der Waals surface area contributed by atoms with Crippen molar-refractivity contribution in [2.24, 2.45) is 0 Å². The second kappa shape index (κ2) is 6.83. The lowest BCUT2D eigenvalue weighted by molar-refractivity contribution is -0.118. The van der Waals surface area contributed by atoms with Crippen LogP contribution >= 0.6 is 23.2 Å². The number of rotatable bonds is 4. The Balaban J connectivity index is 1.96. The molecule has 2 aromatic carbocycles. The van der Waals surface area contributed by atoms with Crippen molar-refractivity contribution in [2.45, 2.75) is 13.8 Å². The van der Waals surface area contributed by atoms with Gasteiger partial charge in [-0.05, 0) is 43.7 Å². The van der Waals surface area contributed by atoms with Gasteiger partial charge in [-0.3, -0.25) is 4.79 Å². The van der Waals surface area contributed by atoms with E-state index in [1.165, 1.54) is 0 Å². The first kappa shape index (κ1) is 15.7. The summed E-state index contributed by atoms with van der Waals surface area (Å²) in [6.07, 6.45) is 0. The van der Waals surface area contributed by atoms with Gasteiger partial charge >= 0.3 is 0 Å². The van der Waals surface area contributed by atoms with Crippen LogP contribution in [0.25, 0.3) is 0 Å². The fraction of sp³-hybridized carbons (Fsp3) is 0.188. The smallest absolute Gasteiger partial charge is 0.262 e. The number of hydrogen-bond donors (Lipinski definition) is 1. The van der Waals surface area contributed by atoms with Gasteiger partial charge in [0.25, 0.3) is 5.91 Å². The largest absolute Gasteiger partial charge is 0.483 e. The zero-order chi connectivity index (χ0) is 15.4. The maximum absolute atomic E-state index is 11.9. The number of amides is 1. The molecule has 2 rings (SSSR count). The van der Waals surface area contributed by atoms with Crippen molar-refractivity contribution in [3.05, 3.63) is 57.6 Å². The number of anilines is 1. The van der Waals surface area contributed by atoms with Crippen LogP contribution in [-0.4, -0.2) is 12.5 Å². The molecule has 0 saturated carbocycles. The summed E-state index contributed by atoms with van der Waals surface area (Å²) in [6, 6.07) is 10.7. The van der Waals surface area contributed by atoms with Gasteiger partial charge in [-0.2, -0.15) is 0 Å². The molecule has 0 unspecified atom stereocenters. The number of nitrogens with one attached hydrogen (secondary N) is 1. The van der Waals surface area contributed by atoms with E-state index in [-0.39, 0.29) is 12.5 Å². The minimum atomic E-state index is -0.279. The number of halogens is 2. The molecular weight excluding hydrogens is 309 g/mol. The van der Waals surface area contributed by atoms with Crippen LogP contribution in [0.3, 0.4) is 0 Å². The first-order chi connectivity index (χ1) is 9.95. The first-order valence-electron chi connectivity index (χ1n) is 6.40. The molecule has 1 amide bonds. The molecule has 0 aliphatic carbocycles. The zero-order valence-corrected chi connectivity index (χ0v) is 13.3. The Bertz CT molecular complexity index is 671. The van der Waals surface area contributed by atoms with Gasteiger partial charge in [0, 0.05) is 5.02 Å². The molecule has 0 spiro atoms. The van der Waals surface area contributed by atoms with Crippen LogP contribution in [0.2, 0.25) is 10.0 Å². The van der Waals surface area contributed by atoms with Crippen LogP contribution in [0, 0.1) is 13.8 Å². The third kappa shape index (κ3) is 4.38. The van der Waals surface area contributed by atoms with Crippen molar-refractivity contribution in [3.8, 4) is 5.75 Å². The Morgan fingerprint density at radius 1 is 1.14 bits per heavy atom. The molecule has 1 N–H and O–H groups in total. The normalized spacial score (nSPS) is 10.3. The Morgan fingerprint density at radius 3 is 2.57 bits per heavy atom. The Labute approximate surface area is 133 Å². The summed E-state index contributed by atoms with van der Waals surface area (Å²) >= 11 is 11.8. The minimum Gasteiger partial charge on any atom is -0.483 e. The van der Waals surface area contributed by atoms with Crippen LogP contribution in [-0.2, 0) is 4.79 Å². The van der Waals surface area contributed by atoms with E-state index in [2.05, 4.69) is 5.32 Å². The maximum atomic E-state index is 11.9. The van der Waals surface area contributed by atoms with Crippen molar-refractivity contribution in [1.29, 1.82) is 0 Å². The molecule has 0 aliphatic rings. The van der Waals surface area contributed by atoms with E-state index < -0.39 is 0 Å². The van der Waals surface area contributed by atoms with Gasteiger partial charge in [-0.15, -0.1) is 0 Å². The van der Waals surface area contributed by atoms with E-state index in [9.17, 15) is 4.79 Å². The molecule has 0 heterocycles. The predicted octanol–water partition coefficient (Wildman–Crippen LogP) is 4.63. The molecule has 0 aliphatic heterocycles. The molecule has 0 saturated heterocycles. The summed E-state index contributed by atoms with van der Waals surface area (Å²) in [5.74, 6) is 0.414. The molecule has 0 aromatic heterocycles. The van der Waals surface area contributed by atoms with Crippen molar-refractivity contribution >= 4 is 34.8 Å². The number of carbonyl (C=O) groups excluding carboxylic acids is 1. The average Bonchev–Trinajstić information content (AvgIpc) is 2.41. The highest BCUT2D eigenvalue weighted by Gasteiger charge is 2.08. The lowest BCUT2D eigenvalue weighted by Gasteiger charge is -2.11. The summed E-state index contributed by atoms with van der Waals surface area (Å²) in [5, 5.41) is 3.59. The fourth-order valence-corrected chi connectivity index (χ4v) is 2.34. The van der Waals surface area contributed by atoms with Gasteiger partial charge in [-0.25, -0.2) is 0 Å². The highest BCUT2D eigenvalue weighted by Crippen LogP contribution is 2.25. The third-order valence-corrected chi connectivity index (χ3v) is 3.44. The molecule has 5 heteroatoms. The quantitative estimate of drug-likeness (QED) is 0.890. The van der Waals surface area contributed by atoms with Crippen molar-refractivity contribution in [3.63, 3.8) is 0 Å². The minimum absolute atomic E-state index is 0.0805. The van der Waals surface area contributed by atoms with Crippen molar-refractivity contribution in [2.75, 3.05) is 11.9 Å². The summed E-state index contributed by atoms with van der Waals surface area (Å²) < 4.78 is 5.51. The molecule has 0 fully saturated rings. The molecule has 2 aromatic rings. The van der Waals surface area contributed by atoms with E-state index in [0.29, 0.717) is 21.5 Å². The second-order valence-electron chi connectivity index (χ2n) is 4.73. The Kier molecular flexibility index (Phi) is 5.10. The van der Waals surface area contributed by atoms with E-state index in [1.807, 2.05) is 32.0 Å².